The van der Waals surface area contributed by atoms with Crippen molar-refractivity contribution in [2.24, 2.45) is 11.7 Å². The van der Waals surface area contributed by atoms with E-state index in [1.165, 1.54) is 0 Å². The normalized spacial score (nSPS) is 10.7. The largest absolute Gasteiger partial charge is 0.439 e. The predicted molar refractivity (Wildman–Crippen MR) is 95.3 cm³/mol. The lowest BCUT2D eigenvalue weighted by atomic mass is 10.1. The molecule has 1 aromatic carbocycles. The summed E-state index contributed by atoms with van der Waals surface area (Å²) in [7, 11) is 0. The second kappa shape index (κ2) is 10.8. The first-order valence-corrected chi connectivity index (χ1v) is 6.84. The number of benzene rings is 1. The number of nitrogens with zero attached hydrogens (tertiary/aromatic N) is 1. The van der Waals surface area contributed by atoms with E-state index in [2.05, 4.69) is 10.3 Å². The van der Waals surface area contributed by atoms with Gasteiger partial charge in [-0.1, -0.05) is 31.2 Å². The number of carbonyl (C=O) groups excluding carboxylic acids is 1. The Balaban J connectivity index is 0.00000242. The topological polar surface area (TPSA) is 77.2 Å². The molecule has 0 fully saturated rings. The molecule has 1 heterocycles. The minimum atomic E-state index is -0.182. The Morgan fingerprint density at radius 1 is 1.22 bits per heavy atom. The van der Waals surface area contributed by atoms with Crippen molar-refractivity contribution in [3.8, 4) is 11.6 Å². The SMILES string of the molecule is CC(CN)C(=O)NCc1ccc(Oc2ccccc2)nc1.Cl.Cl. The number of aromatic nitrogens is 1. The van der Waals surface area contributed by atoms with Crippen LogP contribution in [0.15, 0.2) is 48.7 Å². The van der Waals surface area contributed by atoms with Crippen molar-refractivity contribution in [1.29, 1.82) is 0 Å². The lowest BCUT2D eigenvalue weighted by molar-refractivity contribution is -0.124. The minimum Gasteiger partial charge on any atom is -0.439 e. The Labute approximate surface area is 148 Å². The molecule has 0 radical (unpaired) electrons. The van der Waals surface area contributed by atoms with E-state index in [0.29, 0.717) is 19.0 Å². The van der Waals surface area contributed by atoms with Gasteiger partial charge in [-0.25, -0.2) is 4.98 Å². The molecule has 0 saturated heterocycles. The number of ether oxygens (including phenoxy) is 1. The first-order chi connectivity index (χ1) is 10.2. The van der Waals surface area contributed by atoms with E-state index in [1.54, 1.807) is 19.2 Å². The average Bonchev–Trinajstić information content (AvgIpc) is 2.54. The molecule has 0 aliphatic heterocycles. The summed E-state index contributed by atoms with van der Waals surface area (Å²) in [6.07, 6.45) is 1.69. The predicted octanol–water partition coefficient (Wildman–Crippen LogP) is 2.93. The summed E-state index contributed by atoms with van der Waals surface area (Å²) >= 11 is 0. The van der Waals surface area contributed by atoms with E-state index < -0.39 is 0 Å². The van der Waals surface area contributed by atoms with Gasteiger partial charge in [-0.15, -0.1) is 24.8 Å². The number of amides is 1. The molecule has 1 aromatic heterocycles. The second-order valence-electron chi connectivity index (χ2n) is 4.77. The number of hydrogen-bond donors (Lipinski definition) is 2. The van der Waals surface area contributed by atoms with Crippen molar-refractivity contribution in [3.05, 3.63) is 54.2 Å². The number of nitrogens with two attached hydrogens (primary N) is 1. The second-order valence-corrected chi connectivity index (χ2v) is 4.77. The van der Waals surface area contributed by atoms with Gasteiger partial charge in [0, 0.05) is 31.3 Å². The van der Waals surface area contributed by atoms with Gasteiger partial charge in [0.15, 0.2) is 0 Å². The monoisotopic (exact) mass is 357 g/mol. The molecular weight excluding hydrogens is 337 g/mol. The quantitative estimate of drug-likeness (QED) is 0.832. The van der Waals surface area contributed by atoms with Gasteiger partial charge in [0.2, 0.25) is 11.8 Å². The molecule has 2 aromatic rings. The van der Waals surface area contributed by atoms with Crippen LogP contribution in [-0.4, -0.2) is 17.4 Å². The highest BCUT2D eigenvalue weighted by Gasteiger charge is 2.09. The zero-order valence-electron chi connectivity index (χ0n) is 12.8. The van der Waals surface area contributed by atoms with Crippen LogP contribution < -0.4 is 15.8 Å². The molecule has 0 bridgehead atoms. The van der Waals surface area contributed by atoms with Crippen LogP contribution in [-0.2, 0) is 11.3 Å². The molecule has 1 unspecified atom stereocenters. The molecule has 3 N–H and O–H groups in total. The molecule has 126 valence electrons. The summed E-state index contributed by atoms with van der Waals surface area (Å²) in [4.78, 5) is 15.8. The van der Waals surface area contributed by atoms with E-state index in [0.717, 1.165) is 11.3 Å². The Kier molecular flexibility index (Phi) is 9.97. The molecule has 1 amide bonds. The van der Waals surface area contributed by atoms with Crippen LogP contribution in [0.25, 0.3) is 0 Å². The van der Waals surface area contributed by atoms with E-state index in [9.17, 15) is 4.79 Å². The van der Waals surface area contributed by atoms with E-state index in [4.69, 9.17) is 10.5 Å². The third kappa shape index (κ3) is 6.86. The van der Waals surface area contributed by atoms with Crippen LogP contribution >= 0.6 is 24.8 Å². The van der Waals surface area contributed by atoms with Crippen LogP contribution in [0, 0.1) is 5.92 Å². The molecule has 5 nitrogen and oxygen atoms in total. The van der Waals surface area contributed by atoms with Gasteiger partial charge in [-0.3, -0.25) is 4.79 Å². The Morgan fingerprint density at radius 2 is 1.91 bits per heavy atom. The van der Waals surface area contributed by atoms with E-state index in [1.807, 2.05) is 36.4 Å². The zero-order chi connectivity index (χ0) is 15.1. The number of hydrogen-bond acceptors (Lipinski definition) is 4. The summed E-state index contributed by atoms with van der Waals surface area (Å²) in [5, 5.41) is 2.82. The molecule has 0 aliphatic rings. The third-order valence-electron chi connectivity index (χ3n) is 3.03. The number of rotatable bonds is 6. The summed E-state index contributed by atoms with van der Waals surface area (Å²) < 4.78 is 5.60. The minimum absolute atomic E-state index is 0. The van der Waals surface area contributed by atoms with E-state index in [-0.39, 0.29) is 36.6 Å². The smallest absolute Gasteiger partial charge is 0.224 e. The summed E-state index contributed by atoms with van der Waals surface area (Å²) in [6.45, 7) is 2.57. The zero-order valence-corrected chi connectivity index (χ0v) is 14.4. The highest BCUT2D eigenvalue weighted by Crippen LogP contribution is 2.18. The maximum absolute atomic E-state index is 11.6. The van der Waals surface area contributed by atoms with Crippen LogP contribution in [0.2, 0.25) is 0 Å². The van der Waals surface area contributed by atoms with Crippen molar-refractivity contribution in [2.45, 2.75) is 13.5 Å². The average molecular weight is 358 g/mol. The van der Waals surface area contributed by atoms with Gasteiger partial charge in [-0.05, 0) is 17.7 Å². The molecule has 0 aliphatic carbocycles. The van der Waals surface area contributed by atoms with E-state index >= 15 is 0 Å². The van der Waals surface area contributed by atoms with Gasteiger partial charge < -0.3 is 15.8 Å². The molecular formula is C16H21Cl2N3O2. The summed E-state index contributed by atoms with van der Waals surface area (Å²) in [5.74, 6) is 1.02. The van der Waals surface area contributed by atoms with Crippen molar-refractivity contribution >= 4 is 30.7 Å². The molecule has 0 saturated carbocycles. The number of carbonyl (C=O) groups is 1. The van der Waals surface area contributed by atoms with Crippen LogP contribution in [0.3, 0.4) is 0 Å². The molecule has 7 heteroatoms. The first kappa shape index (κ1) is 21.2. The van der Waals surface area contributed by atoms with Gasteiger partial charge in [0.05, 0.1) is 0 Å². The first-order valence-electron chi connectivity index (χ1n) is 6.84. The lowest BCUT2D eigenvalue weighted by Crippen LogP contribution is -2.32. The summed E-state index contributed by atoms with van der Waals surface area (Å²) in [5.41, 5.74) is 6.36. The lowest BCUT2D eigenvalue weighted by Gasteiger charge is -2.10. The van der Waals surface area contributed by atoms with Gasteiger partial charge >= 0.3 is 0 Å². The van der Waals surface area contributed by atoms with Crippen LogP contribution in [0.5, 0.6) is 11.6 Å². The maximum Gasteiger partial charge on any atom is 0.224 e. The van der Waals surface area contributed by atoms with Gasteiger partial charge in [-0.2, -0.15) is 0 Å². The fourth-order valence-corrected chi connectivity index (χ4v) is 1.66. The molecule has 2 rings (SSSR count). The molecule has 0 spiro atoms. The highest BCUT2D eigenvalue weighted by atomic mass is 35.5. The van der Waals surface area contributed by atoms with Gasteiger partial charge in [0.1, 0.15) is 5.75 Å². The fourth-order valence-electron chi connectivity index (χ4n) is 1.66. The van der Waals surface area contributed by atoms with Crippen molar-refractivity contribution in [2.75, 3.05) is 6.54 Å². The fraction of sp³-hybridized carbons (Fsp3) is 0.250. The van der Waals surface area contributed by atoms with Crippen LogP contribution in [0.1, 0.15) is 12.5 Å². The number of nitrogens with one attached hydrogen (secondary N) is 1. The Hall–Kier alpha value is -1.82. The number of pyridine rings is 1. The Morgan fingerprint density at radius 3 is 2.48 bits per heavy atom. The molecule has 23 heavy (non-hydrogen) atoms. The summed E-state index contributed by atoms with van der Waals surface area (Å²) in [6, 6.07) is 13.1. The highest BCUT2D eigenvalue weighted by molar-refractivity contribution is 5.85. The van der Waals surface area contributed by atoms with Crippen LogP contribution in [0.4, 0.5) is 0 Å². The number of halogens is 2. The number of para-hydroxylation sites is 1. The van der Waals surface area contributed by atoms with Crippen molar-refractivity contribution in [3.63, 3.8) is 0 Å². The standard InChI is InChI=1S/C16H19N3O2.2ClH/c1-12(9-17)16(20)19-11-13-7-8-15(18-10-13)21-14-5-3-2-4-6-14;;/h2-8,10,12H,9,11,17H2,1H3,(H,19,20);2*1H. The Bertz CT molecular complexity index is 580. The maximum atomic E-state index is 11.6. The van der Waals surface area contributed by atoms with Crippen molar-refractivity contribution < 1.29 is 9.53 Å². The third-order valence-corrected chi connectivity index (χ3v) is 3.03. The van der Waals surface area contributed by atoms with Crippen molar-refractivity contribution in [1.82, 2.24) is 10.3 Å². The molecule has 1 atom stereocenters. The van der Waals surface area contributed by atoms with Gasteiger partial charge in [0.25, 0.3) is 0 Å².